The summed E-state index contributed by atoms with van der Waals surface area (Å²) in [5.74, 6) is -1.61. The Morgan fingerprint density at radius 1 is 1.53 bits per heavy atom. The molecule has 0 aliphatic heterocycles. The van der Waals surface area contributed by atoms with Gasteiger partial charge in [-0.2, -0.15) is 0 Å². The molecule has 1 amide bonds. The Hall–Kier alpha value is -1.40. The van der Waals surface area contributed by atoms with Crippen LogP contribution in [-0.2, 0) is 16.0 Å². The molecule has 104 valence electrons. The number of carbonyl (C=O) groups excluding carboxylic acids is 1. The fraction of sp³-hybridized carbons (Fsp3) is 0.538. The van der Waals surface area contributed by atoms with Crippen molar-refractivity contribution in [1.29, 1.82) is 0 Å². The summed E-state index contributed by atoms with van der Waals surface area (Å²) in [7, 11) is 0. The van der Waals surface area contributed by atoms with Crippen molar-refractivity contribution in [1.82, 2.24) is 5.32 Å². The fourth-order valence-corrected chi connectivity index (χ4v) is 3.41. The molecule has 1 aromatic rings. The molecule has 0 bridgehead atoms. The summed E-state index contributed by atoms with van der Waals surface area (Å²) < 4.78 is 0. The van der Waals surface area contributed by atoms with Crippen LogP contribution in [0.15, 0.2) is 11.4 Å². The minimum atomic E-state index is -1.11. The van der Waals surface area contributed by atoms with Crippen LogP contribution in [0.4, 0.5) is 0 Å². The van der Waals surface area contributed by atoms with Crippen molar-refractivity contribution in [2.75, 3.05) is 6.61 Å². The van der Waals surface area contributed by atoms with Crippen molar-refractivity contribution in [3.8, 4) is 0 Å². The summed E-state index contributed by atoms with van der Waals surface area (Å²) in [6, 6.07) is 0.937. The Morgan fingerprint density at radius 3 is 3.00 bits per heavy atom. The zero-order valence-electron chi connectivity index (χ0n) is 10.5. The highest BCUT2D eigenvalue weighted by Crippen LogP contribution is 2.35. The maximum atomic E-state index is 12.2. The summed E-state index contributed by atoms with van der Waals surface area (Å²) in [6.45, 7) is -0.258. The normalized spacial score (nSPS) is 19.5. The number of aliphatic hydroxyl groups excluding tert-OH is 1. The maximum Gasteiger partial charge on any atom is 0.326 e. The van der Waals surface area contributed by atoms with Crippen molar-refractivity contribution >= 4 is 23.2 Å². The smallest absolute Gasteiger partial charge is 0.326 e. The van der Waals surface area contributed by atoms with Gasteiger partial charge in [-0.1, -0.05) is 0 Å². The number of hydrogen-bond acceptors (Lipinski definition) is 4. The second-order valence-corrected chi connectivity index (χ2v) is 5.66. The molecule has 1 unspecified atom stereocenters. The van der Waals surface area contributed by atoms with Crippen molar-refractivity contribution < 1.29 is 19.8 Å². The standard InChI is InChI=1S/C13H17NO4S/c15-6-4-10(13(17)18)14-12(16)9-2-1-3-11-8(9)5-7-19-11/h5,7,9-10,15H,1-4,6H2,(H,14,16)(H,17,18)/t9?,10-/m0/s1. The molecule has 0 aromatic carbocycles. The molecule has 2 rings (SSSR count). The van der Waals surface area contributed by atoms with Crippen molar-refractivity contribution in [2.24, 2.45) is 0 Å². The number of carbonyl (C=O) groups is 2. The molecule has 0 radical (unpaired) electrons. The molecule has 1 aromatic heterocycles. The average Bonchev–Trinajstić information content (AvgIpc) is 2.85. The molecular weight excluding hydrogens is 266 g/mol. The van der Waals surface area contributed by atoms with E-state index in [1.54, 1.807) is 11.3 Å². The van der Waals surface area contributed by atoms with Crippen LogP contribution < -0.4 is 5.32 Å². The zero-order valence-corrected chi connectivity index (χ0v) is 11.3. The molecule has 3 N–H and O–H groups in total. The molecule has 5 nitrogen and oxygen atoms in total. The van der Waals surface area contributed by atoms with Gasteiger partial charge < -0.3 is 15.5 Å². The van der Waals surface area contributed by atoms with Crippen LogP contribution >= 0.6 is 11.3 Å². The Labute approximate surface area is 115 Å². The third-order valence-corrected chi connectivity index (χ3v) is 4.40. The molecule has 0 saturated carbocycles. The number of aliphatic carboxylic acids is 1. The van der Waals surface area contributed by atoms with Crippen molar-refractivity contribution in [3.05, 3.63) is 21.9 Å². The Morgan fingerprint density at radius 2 is 2.32 bits per heavy atom. The number of aliphatic hydroxyl groups is 1. The summed E-state index contributed by atoms with van der Waals surface area (Å²) in [5.41, 5.74) is 1.03. The number of fused-ring (bicyclic) bond motifs is 1. The number of rotatable bonds is 5. The lowest BCUT2D eigenvalue weighted by molar-refractivity contribution is -0.142. The van der Waals surface area contributed by atoms with Crippen LogP contribution in [0.5, 0.6) is 0 Å². The Bertz CT molecular complexity index is 471. The molecule has 1 aliphatic rings. The first kappa shape index (κ1) is 14.0. The molecule has 2 atom stereocenters. The molecule has 6 heteroatoms. The predicted molar refractivity (Wildman–Crippen MR) is 71.3 cm³/mol. The lowest BCUT2D eigenvalue weighted by atomic mass is 9.87. The minimum Gasteiger partial charge on any atom is -0.480 e. The first-order valence-corrected chi connectivity index (χ1v) is 7.21. The number of carboxylic acids is 1. The van der Waals surface area contributed by atoms with E-state index in [1.807, 2.05) is 11.4 Å². The minimum absolute atomic E-state index is 0.0320. The third kappa shape index (κ3) is 3.13. The highest BCUT2D eigenvalue weighted by atomic mass is 32.1. The molecule has 0 spiro atoms. The van der Waals surface area contributed by atoms with E-state index in [2.05, 4.69) is 5.32 Å². The van der Waals surface area contributed by atoms with Gasteiger partial charge in [-0.3, -0.25) is 4.79 Å². The maximum absolute atomic E-state index is 12.2. The second-order valence-electron chi connectivity index (χ2n) is 4.66. The quantitative estimate of drug-likeness (QED) is 0.756. The van der Waals surface area contributed by atoms with E-state index in [9.17, 15) is 9.59 Å². The first-order valence-electron chi connectivity index (χ1n) is 6.33. The number of amides is 1. The number of aryl methyl sites for hydroxylation is 1. The van der Waals surface area contributed by atoms with Gasteiger partial charge in [0.1, 0.15) is 6.04 Å². The van der Waals surface area contributed by atoms with E-state index >= 15 is 0 Å². The van der Waals surface area contributed by atoms with E-state index in [0.717, 1.165) is 24.8 Å². The van der Waals surface area contributed by atoms with Gasteiger partial charge in [-0.15, -0.1) is 11.3 Å². The lowest BCUT2D eigenvalue weighted by Gasteiger charge is -2.23. The van der Waals surface area contributed by atoms with E-state index in [-0.39, 0.29) is 24.9 Å². The summed E-state index contributed by atoms with van der Waals surface area (Å²) in [5, 5.41) is 22.3. The average molecular weight is 283 g/mol. The highest BCUT2D eigenvalue weighted by molar-refractivity contribution is 7.10. The highest BCUT2D eigenvalue weighted by Gasteiger charge is 2.30. The first-order chi connectivity index (χ1) is 9.13. The molecule has 0 saturated heterocycles. The van der Waals surface area contributed by atoms with Crippen LogP contribution in [0.2, 0.25) is 0 Å². The third-order valence-electron chi connectivity index (χ3n) is 3.40. The van der Waals surface area contributed by atoms with Crippen LogP contribution in [0.25, 0.3) is 0 Å². The second kappa shape index (κ2) is 6.16. The van der Waals surface area contributed by atoms with E-state index in [4.69, 9.17) is 10.2 Å². The van der Waals surface area contributed by atoms with Crippen LogP contribution in [0.1, 0.15) is 35.6 Å². The largest absolute Gasteiger partial charge is 0.480 e. The molecular formula is C13H17NO4S. The van der Waals surface area contributed by atoms with E-state index in [1.165, 1.54) is 4.88 Å². The predicted octanol–water partition coefficient (Wildman–Crippen LogP) is 1.12. The summed E-state index contributed by atoms with van der Waals surface area (Å²) >= 11 is 1.65. The van der Waals surface area contributed by atoms with Crippen LogP contribution in [-0.4, -0.2) is 34.7 Å². The Kier molecular flexibility index (Phi) is 4.55. The van der Waals surface area contributed by atoms with Gasteiger partial charge in [0.2, 0.25) is 5.91 Å². The zero-order chi connectivity index (χ0) is 13.8. The monoisotopic (exact) mass is 283 g/mol. The van der Waals surface area contributed by atoms with Gasteiger partial charge in [0.05, 0.1) is 5.92 Å². The van der Waals surface area contributed by atoms with Gasteiger partial charge in [0.25, 0.3) is 0 Å². The molecule has 0 fully saturated rings. The Balaban J connectivity index is 2.07. The number of carboxylic acid groups (broad SMARTS) is 1. The fourth-order valence-electron chi connectivity index (χ4n) is 2.42. The van der Waals surface area contributed by atoms with Gasteiger partial charge in [-0.05, 0) is 36.3 Å². The SMILES string of the molecule is O=C(N[C@@H](CCO)C(=O)O)C1CCCc2sccc21. The molecule has 1 aliphatic carbocycles. The van der Waals surface area contributed by atoms with Crippen LogP contribution in [0.3, 0.4) is 0 Å². The van der Waals surface area contributed by atoms with Gasteiger partial charge in [0.15, 0.2) is 0 Å². The van der Waals surface area contributed by atoms with Crippen molar-refractivity contribution in [2.45, 2.75) is 37.6 Å². The topological polar surface area (TPSA) is 86.6 Å². The molecule has 19 heavy (non-hydrogen) atoms. The summed E-state index contributed by atoms with van der Waals surface area (Å²) in [6.07, 6.45) is 2.73. The van der Waals surface area contributed by atoms with Crippen LogP contribution in [0, 0.1) is 0 Å². The lowest BCUT2D eigenvalue weighted by Crippen LogP contribution is -2.44. The van der Waals surface area contributed by atoms with Crippen molar-refractivity contribution in [3.63, 3.8) is 0 Å². The van der Waals surface area contributed by atoms with E-state index in [0.29, 0.717) is 0 Å². The number of nitrogens with one attached hydrogen (secondary N) is 1. The number of thiophene rings is 1. The summed E-state index contributed by atoms with van der Waals surface area (Å²) in [4.78, 5) is 24.4. The van der Waals surface area contributed by atoms with E-state index < -0.39 is 12.0 Å². The van der Waals surface area contributed by atoms with Gasteiger partial charge >= 0.3 is 5.97 Å². The number of hydrogen-bond donors (Lipinski definition) is 3. The van der Waals surface area contributed by atoms with Gasteiger partial charge in [0, 0.05) is 17.9 Å². The molecule has 1 heterocycles. The van der Waals surface area contributed by atoms with Gasteiger partial charge in [-0.25, -0.2) is 4.79 Å².